The van der Waals surface area contributed by atoms with E-state index in [-0.39, 0.29) is 0 Å². The molecule has 0 saturated heterocycles. The van der Waals surface area contributed by atoms with Gasteiger partial charge in [0.05, 0.1) is 0 Å². The smallest absolute Gasteiger partial charge is 0.00930 e. The first-order valence-corrected chi connectivity index (χ1v) is 5.12. The van der Waals surface area contributed by atoms with Crippen LogP contribution in [0.15, 0.2) is 11.3 Å². The summed E-state index contributed by atoms with van der Waals surface area (Å²) in [4.78, 5) is 0. The zero-order valence-corrected chi connectivity index (χ0v) is 9.04. The lowest BCUT2D eigenvalue weighted by Gasteiger charge is -2.10. The van der Waals surface area contributed by atoms with E-state index in [1.54, 1.807) is 5.57 Å². The number of hydrogen-bond donors (Lipinski definition) is 1. The molecule has 1 heteroatoms. The third-order valence-electron chi connectivity index (χ3n) is 2.22. The summed E-state index contributed by atoms with van der Waals surface area (Å²) in [6, 6.07) is 0. The maximum Gasteiger partial charge on any atom is 0.00930 e. The second kappa shape index (κ2) is 7.20. The van der Waals surface area contributed by atoms with Crippen LogP contribution in [-0.4, -0.2) is 7.05 Å². The molecular formula is C11H23N. The highest BCUT2D eigenvalue weighted by Gasteiger charge is 1.98. The summed E-state index contributed by atoms with van der Waals surface area (Å²) >= 11 is 0. The summed E-state index contributed by atoms with van der Waals surface area (Å²) in [6.45, 7) is 6.72. The van der Waals surface area contributed by atoms with Gasteiger partial charge in [-0.15, -0.1) is 0 Å². The molecule has 0 saturated carbocycles. The first kappa shape index (κ1) is 11.5. The highest BCUT2D eigenvalue weighted by Crippen LogP contribution is 2.13. The molecule has 0 atom stereocenters. The Kier molecular flexibility index (Phi) is 6.93. The van der Waals surface area contributed by atoms with Gasteiger partial charge >= 0.3 is 0 Å². The first-order valence-electron chi connectivity index (χ1n) is 5.12. The molecule has 0 spiro atoms. The summed E-state index contributed by atoms with van der Waals surface area (Å²) in [5.74, 6) is 0. The van der Waals surface area contributed by atoms with Crippen LogP contribution in [-0.2, 0) is 0 Å². The van der Waals surface area contributed by atoms with E-state index >= 15 is 0 Å². The topological polar surface area (TPSA) is 12.0 Å². The SMILES string of the molecule is CCCC/C(C)=C(\CCC)NC. The van der Waals surface area contributed by atoms with Crippen LogP contribution in [0.25, 0.3) is 0 Å². The molecule has 0 aliphatic rings. The maximum absolute atomic E-state index is 3.29. The van der Waals surface area contributed by atoms with Gasteiger partial charge in [-0.3, -0.25) is 0 Å². The van der Waals surface area contributed by atoms with E-state index in [0.29, 0.717) is 0 Å². The molecule has 0 rings (SSSR count). The van der Waals surface area contributed by atoms with Gasteiger partial charge in [-0.25, -0.2) is 0 Å². The van der Waals surface area contributed by atoms with E-state index in [9.17, 15) is 0 Å². The van der Waals surface area contributed by atoms with Gasteiger partial charge in [0.1, 0.15) is 0 Å². The molecule has 72 valence electrons. The van der Waals surface area contributed by atoms with Crippen LogP contribution in [0.3, 0.4) is 0 Å². The van der Waals surface area contributed by atoms with Crippen molar-refractivity contribution >= 4 is 0 Å². The standard InChI is InChI=1S/C11H23N/c1-5-7-9-10(3)11(12-4)8-6-2/h12H,5-9H2,1-4H3/b11-10+. The van der Waals surface area contributed by atoms with Gasteiger partial charge in [0.15, 0.2) is 0 Å². The van der Waals surface area contributed by atoms with Crippen LogP contribution in [0.4, 0.5) is 0 Å². The third kappa shape index (κ3) is 4.42. The summed E-state index contributed by atoms with van der Waals surface area (Å²) in [7, 11) is 2.03. The van der Waals surface area contributed by atoms with Crippen molar-refractivity contribution in [2.45, 2.75) is 52.9 Å². The lowest BCUT2D eigenvalue weighted by atomic mass is 10.1. The highest BCUT2D eigenvalue weighted by atomic mass is 14.8. The molecule has 0 aromatic rings. The summed E-state index contributed by atoms with van der Waals surface area (Å²) < 4.78 is 0. The Labute approximate surface area is 77.2 Å². The molecule has 0 heterocycles. The molecular weight excluding hydrogens is 146 g/mol. The predicted molar refractivity (Wildman–Crippen MR) is 56.2 cm³/mol. The zero-order chi connectivity index (χ0) is 9.40. The molecule has 1 N–H and O–H groups in total. The van der Waals surface area contributed by atoms with Gasteiger partial charge in [0.2, 0.25) is 0 Å². The summed E-state index contributed by atoms with van der Waals surface area (Å²) in [6.07, 6.45) is 6.31. The van der Waals surface area contributed by atoms with Crippen LogP contribution >= 0.6 is 0 Å². The van der Waals surface area contributed by atoms with Crippen LogP contribution < -0.4 is 5.32 Å². The van der Waals surface area contributed by atoms with Crippen LogP contribution in [0.1, 0.15) is 52.9 Å². The van der Waals surface area contributed by atoms with Crippen molar-refractivity contribution in [3.8, 4) is 0 Å². The highest BCUT2D eigenvalue weighted by molar-refractivity contribution is 5.09. The lowest BCUT2D eigenvalue weighted by Crippen LogP contribution is -2.08. The summed E-state index contributed by atoms with van der Waals surface area (Å²) in [5.41, 5.74) is 2.99. The fraction of sp³-hybridized carbons (Fsp3) is 0.818. The first-order chi connectivity index (χ1) is 5.76. The van der Waals surface area contributed by atoms with Gasteiger partial charge in [0.25, 0.3) is 0 Å². The molecule has 12 heavy (non-hydrogen) atoms. The quantitative estimate of drug-likeness (QED) is 0.642. The normalized spacial score (nSPS) is 12.7. The predicted octanol–water partition coefficient (Wildman–Crippen LogP) is 3.47. The Morgan fingerprint density at radius 3 is 2.17 bits per heavy atom. The maximum atomic E-state index is 3.29. The van der Waals surface area contributed by atoms with Gasteiger partial charge in [0, 0.05) is 12.7 Å². The number of rotatable bonds is 6. The fourth-order valence-electron chi connectivity index (χ4n) is 1.39. The fourth-order valence-corrected chi connectivity index (χ4v) is 1.39. The Hall–Kier alpha value is -0.460. The number of allylic oxidation sites excluding steroid dienone is 2. The Balaban J connectivity index is 3.97. The van der Waals surface area contributed by atoms with Crippen molar-refractivity contribution in [3.63, 3.8) is 0 Å². The zero-order valence-electron chi connectivity index (χ0n) is 9.04. The molecule has 0 aromatic heterocycles. The number of nitrogens with one attached hydrogen (secondary N) is 1. The molecule has 0 bridgehead atoms. The van der Waals surface area contributed by atoms with Crippen molar-refractivity contribution in [2.75, 3.05) is 7.05 Å². The second-order valence-electron chi connectivity index (χ2n) is 3.36. The Morgan fingerprint density at radius 1 is 1.08 bits per heavy atom. The minimum atomic E-state index is 1.20. The molecule has 0 radical (unpaired) electrons. The van der Waals surface area contributed by atoms with Crippen LogP contribution in [0.5, 0.6) is 0 Å². The van der Waals surface area contributed by atoms with Crippen molar-refractivity contribution in [1.82, 2.24) is 5.32 Å². The second-order valence-corrected chi connectivity index (χ2v) is 3.36. The number of hydrogen-bond acceptors (Lipinski definition) is 1. The molecule has 0 fully saturated rings. The van der Waals surface area contributed by atoms with Crippen molar-refractivity contribution in [1.29, 1.82) is 0 Å². The monoisotopic (exact) mass is 169 g/mol. The average molecular weight is 169 g/mol. The van der Waals surface area contributed by atoms with Crippen molar-refractivity contribution in [2.24, 2.45) is 0 Å². The minimum absolute atomic E-state index is 1.20. The van der Waals surface area contributed by atoms with Gasteiger partial charge in [-0.05, 0) is 26.2 Å². The molecule has 0 aliphatic heterocycles. The average Bonchev–Trinajstić information content (AvgIpc) is 2.10. The van der Waals surface area contributed by atoms with E-state index in [1.807, 2.05) is 7.05 Å². The molecule has 0 amide bonds. The van der Waals surface area contributed by atoms with E-state index < -0.39 is 0 Å². The van der Waals surface area contributed by atoms with Gasteiger partial charge < -0.3 is 5.32 Å². The molecule has 0 aromatic carbocycles. The number of unbranched alkanes of at least 4 members (excludes halogenated alkanes) is 1. The van der Waals surface area contributed by atoms with Crippen LogP contribution in [0.2, 0.25) is 0 Å². The Bertz CT molecular complexity index is 136. The Morgan fingerprint density at radius 2 is 1.75 bits per heavy atom. The largest absolute Gasteiger partial charge is 0.391 e. The molecule has 0 unspecified atom stereocenters. The lowest BCUT2D eigenvalue weighted by molar-refractivity contribution is 0.737. The van der Waals surface area contributed by atoms with E-state index in [2.05, 4.69) is 26.1 Å². The van der Waals surface area contributed by atoms with E-state index in [4.69, 9.17) is 0 Å². The minimum Gasteiger partial charge on any atom is -0.391 e. The van der Waals surface area contributed by atoms with Crippen molar-refractivity contribution in [3.05, 3.63) is 11.3 Å². The van der Waals surface area contributed by atoms with Crippen LogP contribution in [0, 0.1) is 0 Å². The molecule has 0 aliphatic carbocycles. The van der Waals surface area contributed by atoms with Gasteiger partial charge in [-0.1, -0.05) is 32.3 Å². The van der Waals surface area contributed by atoms with E-state index in [1.165, 1.54) is 37.8 Å². The molecule has 1 nitrogen and oxygen atoms in total. The van der Waals surface area contributed by atoms with Gasteiger partial charge in [-0.2, -0.15) is 0 Å². The third-order valence-corrected chi connectivity index (χ3v) is 2.22. The summed E-state index contributed by atoms with van der Waals surface area (Å²) in [5, 5.41) is 3.29. The van der Waals surface area contributed by atoms with E-state index in [0.717, 1.165) is 0 Å². The van der Waals surface area contributed by atoms with Crippen molar-refractivity contribution < 1.29 is 0 Å².